The third-order valence-electron chi connectivity index (χ3n) is 4.68. The van der Waals surface area contributed by atoms with E-state index >= 15 is 0 Å². The van der Waals surface area contributed by atoms with Crippen LogP contribution in [-0.2, 0) is 14.8 Å². The van der Waals surface area contributed by atoms with E-state index in [0.29, 0.717) is 17.2 Å². The molecule has 0 aromatic heterocycles. The van der Waals surface area contributed by atoms with Crippen LogP contribution in [0.4, 0.5) is 5.69 Å². The first-order valence-corrected chi connectivity index (χ1v) is 10.8. The highest BCUT2D eigenvalue weighted by atomic mass is 32.2. The van der Waals surface area contributed by atoms with Crippen molar-refractivity contribution < 1.29 is 13.2 Å². The lowest BCUT2D eigenvalue weighted by Crippen LogP contribution is -2.34. The minimum absolute atomic E-state index is 0.111. The summed E-state index contributed by atoms with van der Waals surface area (Å²) in [6, 6.07) is 13.6. The fraction of sp³-hybridized carbons (Fsp3) is 0.333. The van der Waals surface area contributed by atoms with Gasteiger partial charge in [-0.05, 0) is 41.7 Å². The van der Waals surface area contributed by atoms with Gasteiger partial charge < -0.3 is 5.32 Å². The molecule has 0 bridgehead atoms. The molecule has 1 amide bonds. The van der Waals surface area contributed by atoms with E-state index in [1.54, 1.807) is 18.2 Å². The van der Waals surface area contributed by atoms with Crippen molar-refractivity contribution >= 4 is 27.5 Å². The number of nitrogens with zero attached hydrogens (tertiary/aromatic N) is 1. The smallest absolute Gasteiger partial charge is 0.263 e. The Morgan fingerprint density at radius 3 is 2.25 bits per heavy atom. The molecule has 0 saturated carbocycles. The second-order valence-corrected chi connectivity index (χ2v) is 9.19. The van der Waals surface area contributed by atoms with E-state index in [1.165, 1.54) is 11.6 Å². The van der Waals surface area contributed by atoms with Crippen LogP contribution < -0.4 is 10.0 Å². The summed E-state index contributed by atoms with van der Waals surface area (Å²) in [4.78, 5) is 17.5. The van der Waals surface area contributed by atoms with Crippen molar-refractivity contribution in [3.63, 3.8) is 0 Å². The Kier molecular flexibility index (Phi) is 5.56. The quantitative estimate of drug-likeness (QED) is 0.806. The van der Waals surface area contributed by atoms with Crippen molar-refractivity contribution in [1.82, 2.24) is 4.72 Å². The molecule has 0 aliphatic carbocycles. The highest BCUT2D eigenvalue weighted by Gasteiger charge is 2.32. The molecule has 6 nitrogen and oxygen atoms in total. The van der Waals surface area contributed by atoms with Crippen LogP contribution in [0.1, 0.15) is 44.7 Å². The zero-order chi connectivity index (χ0) is 20.5. The van der Waals surface area contributed by atoms with Crippen molar-refractivity contribution in [3.8, 4) is 0 Å². The van der Waals surface area contributed by atoms with Crippen molar-refractivity contribution in [2.24, 2.45) is 10.9 Å². The molecule has 1 heterocycles. The Hall–Kier alpha value is -2.67. The molecule has 0 unspecified atom stereocenters. The van der Waals surface area contributed by atoms with Crippen LogP contribution in [0.2, 0.25) is 0 Å². The maximum absolute atomic E-state index is 12.8. The zero-order valence-electron chi connectivity index (χ0n) is 16.4. The lowest BCUT2D eigenvalue weighted by Gasteiger charge is -2.17. The number of carbonyl (C=O) groups excluding carboxylic acids is 1. The molecule has 3 rings (SSSR count). The predicted octanol–water partition coefficient (Wildman–Crippen LogP) is 3.51. The number of fused-ring (bicyclic) bond motifs is 1. The number of amidine groups is 1. The molecular formula is C21H25N3O3S. The summed E-state index contributed by atoms with van der Waals surface area (Å²) in [5.74, 6) is 0.234. The van der Waals surface area contributed by atoms with Crippen LogP contribution in [0, 0.1) is 5.92 Å². The normalized spacial score (nSPS) is 17.4. The molecular weight excluding hydrogens is 374 g/mol. The van der Waals surface area contributed by atoms with Gasteiger partial charge in [-0.3, -0.25) is 14.5 Å². The van der Waals surface area contributed by atoms with E-state index in [0.717, 1.165) is 0 Å². The van der Waals surface area contributed by atoms with Gasteiger partial charge in [0, 0.05) is 11.3 Å². The molecule has 0 saturated heterocycles. The van der Waals surface area contributed by atoms with E-state index in [9.17, 15) is 13.2 Å². The molecule has 1 atom stereocenters. The second kappa shape index (κ2) is 7.75. The van der Waals surface area contributed by atoms with Crippen molar-refractivity contribution in [1.29, 1.82) is 0 Å². The number of aliphatic imine (C=N–C) groups is 1. The standard InChI is InChI=1S/C21H25N3O3S/c1-13(2)15-9-11-16(12-10-15)22-21(25)19(14(3)4)23-20-17-7-5-6-8-18(17)28(26,27)24-20/h5-14,19H,1-4H3,(H,22,25)(H,23,24)/t19-/m1/s1. The van der Waals surface area contributed by atoms with Crippen molar-refractivity contribution in [2.45, 2.75) is 44.6 Å². The van der Waals surface area contributed by atoms with Gasteiger partial charge in [-0.15, -0.1) is 0 Å². The van der Waals surface area contributed by atoms with Crippen LogP contribution >= 0.6 is 0 Å². The highest BCUT2D eigenvalue weighted by molar-refractivity contribution is 7.90. The summed E-state index contributed by atoms with van der Waals surface area (Å²) >= 11 is 0. The number of hydrogen-bond acceptors (Lipinski definition) is 4. The molecule has 1 aliphatic heterocycles. The van der Waals surface area contributed by atoms with Crippen LogP contribution in [0.25, 0.3) is 0 Å². The Morgan fingerprint density at radius 2 is 1.64 bits per heavy atom. The highest BCUT2D eigenvalue weighted by Crippen LogP contribution is 2.24. The molecule has 1 aliphatic rings. The summed E-state index contributed by atoms with van der Waals surface area (Å²) in [7, 11) is -3.64. The first-order chi connectivity index (χ1) is 13.2. The minimum Gasteiger partial charge on any atom is -0.324 e. The Labute approximate surface area is 166 Å². The average molecular weight is 400 g/mol. The molecule has 148 valence electrons. The number of anilines is 1. The van der Waals surface area contributed by atoms with E-state index in [2.05, 4.69) is 28.9 Å². The maximum atomic E-state index is 12.8. The van der Waals surface area contributed by atoms with Gasteiger partial charge in [0.25, 0.3) is 10.0 Å². The second-order valence-electron chi connectivity index (χ2n) is 7.53. The average Bonchev–Trinajstić information content (AvgIpc) is 2.90. The summed E-state index contributed by atoms with van der Waals surface area (Å²) in [5, 5.41) is 2.88. The first kappa shape index (κ1) is 20.1. The Morgan fingerprint density at radius 1 is 1.00 bits per heavy atom. The Balaban J connectivity index is 1.86. The summed E-state index contributed by atoms with van der Waals surface area (Å²) < 4.78 is 27.0. The molecule has 28 heavy (non-hydrogen) atoms. The summed E-state index contributed by atoms with van der Waals surface area (Å²) in [6.45, 7) is 7.98. The van der Waals surface area contributed by atoms with Crippen LogP contribution in [0.3, 0.4) is 0 Å². The third kappa shape index (κ3) is 4.09. The number of nitrogens with one attached hydrogen (secondary N) is 2. The number of benzene rings is 2. The predicted molar refractivity (Wildman–Crippen MR) is 111 cm³/mol. The Bertz CT molecular complexity index is 1010. The lowest BCUT2D eigenvalue weighted by atomic mass is 10.0. The van der Waals surface area contributed by atoms with Crippen molar-refractivity contribution in [2.75, 3.05) is 5.32 Å². The molecule has 2 aromatic carbocycles. The van der Waals surface area contributed by atoms with Crippen LogP contribution in [0.15, 0.2) is 58.4 Å². The van der Waals surface area contributed by atoms with E-state index in [-0.39, 0.29) is 22.6 Å². The topological polar surface area (TPSA) is 87.6 Å². The molecule has 0 fully saturated rings. The van der Waals surface area contributed by atoms with Crippen molar-refractivity contribution in [3.05, 3.63) is 59.7 Å². The van der Waals surface area contributed by atoms with Gasteiger partial charge in [-0.2, -0.15) is 0 Å². The van der Waals surface area contributed by atoms with Gasteiger partial charge >= 0.3 is 0 Å². The molecule has 2 N–H and O–H groups in total. The van der Waals surface area contributed by atoms with E-state index in [1.807, 2.05) is 38.1 Å². The first-order valence-electron chi connectivity index (χ1n) is 9.30. The largest absolute Gasteiger partial charge is 0.324 e. The number of sulfonamides is 1. The van der Waals surface area contributed by atoms with Crippen LogP contribution in [-0.4, -0.2) is 26.2 Å². The lowest BCUT2D eigenvalue weighted by molar-refractivity contribution is -0.118. The van der Waals surface area contributed by atoms with E-state index < -0.39 is 16.1 Å². The third-order valence-corrected chi connectivity index (χ3v) is 6.07. The maximum Gasteiger partial charge on any atom is 0.263 e. The molecule has 0 radical (unpaired) electrons. The van der Waals surface area contributed by atoms with Gasteiger partial charge in [0.2, 0.25) is 5.91 Å². The van der Waals surface area contributed by atoms with Crippen LogP contribution in [0.5, 0.6) is 0 Å². The van der Waals surface area contributed by atoms with Gasteiger partial charge in [-0.1, -0.05) is 52.0 Å². The zero-order valence-corrected chi connectivity index (χ0v) is 17.2. The summed E-state index contributed by atoms with van der Waals surface area (Å²) in [6.07, 6.45) is 0. The molecule has 2 aromatic rings. The van der Waals surface area contributed by atoms with Gasteiger partial charge in [0.1, 0.15) is 11.9 Å². The fourth-order valence-electron chi connectivity index (χ4n) is 3.05. The van der Waals surface area contributed by atoms with E-state index in [4.69, 9.17) is 0 Å². The van der Waals surface area contributed by atoms with Gasteiger partial charge in [-0.25, -0.2) is 8.42 Å². The van der Waals surface area contributed by atoms with Gasteiger partial charge in [0.05, 0.1) is 4.90 Å². The minimum atomic E-state index is -3.64. The summed E-state index contributed by atoms with van der Waals surface area (Å²) in [5.41, 5.74) is 2.37. The molecule has 7 heteroatoms. The van der Waals surface area contributed by atoms with Gasteiger partial charge in [0.15, 0.2) is 0 Å². The number of hydrogen-bond donors (Lipinski definition) is 2. The monoisotopic (exact) mass is 399 g/mol. The number of carbonyl (C=O) groups is 1. The SMILES string of the molecule is CC(C)c1ccc(NC(=O)[C@H](N=C2NS(=O)(=O)c3ccccc32)C(C)C)cc1. The molecule has 0 spiro atoms. The number of rotatable bonds is 5. The number of amides is 1. The fourth-order valence-corrected chi connectivity index (χ4v) is 4.29.